The van der Waals surface area contributed by atoms with Crippen molar-refractivity contribution in [3.63, 3.8) is 0 Å². The molecule has 2 aromatic heterocycles. The van der Waals surface area contributed by atoms with Crippen LogP contribution >= 0.6 is 11.3 Å². The number of nitrogens with zero attached hydrogens (tertiary/aromatic N) is 4. The quantitative estimate of drug-likeness (QED) is 0.749. The zero-order chi connectivity index (χ0) is 19.0. The van der Waals surface area contributed by atoms with Gasteiger partial charge in [-0.2, -0.15) is 9.61 Å². The lowest BCUT2D eigenvalue weighted by Crippen LogP contribution is -2.34. The smallest absolute Gasteiger partial charge is 0.315 e. The molecule has 1 saturated heterocycles. The van der Waals surface area contributed by atoms with Crippen molar-refractivity contribution in [1.29, 1.82) is 0 Å². The highest BCUT2D eigenvalue weighted by Gasteiger charge is 2.33. The minimum atomic E-state index is -0.176. The molecule has 140 valence electrons. The molecule has 1 N–H and O–H groups in total. The van der Waals surface area contributed by atoms with E-state index in [2.05, 4.69) is 15.4 Å². The van der Waals surface area contributed by atoms with E-state index in [9.17, 15) is 9.59 Å². The number of benzene rings is 1. The van der Waals surface area contributed by atoms with Crippen molar-refractivity contribution in [2.75, 3.05) is 11.9 Å². The Morgan fingerprint density at radius 1 is 1.30 bits per heavy atom. The molecule has 3 aromatic rings. The number of likely N-dealkylation sites (tertiary alicyclic amines) is 1. The van der Waals surface area contributed by atoms with Crippen LogP contribution in [0.1, 0.15) is 49.4 Å². The van der Waals surface area contributed by atoms with Crippen LogP contribution in [-0.2, 0) is 0 Å². The van der Waals surface area contributed by atoms with Gasteiger partial charge in [0.2, 0.25) is 4.96 Å². The third-order valence-electron chi connectivity index (χ3n) is 4.70. The molecule has 7 nitrogen and oxygen atoms in total. The fourth-order valence-electron chi connectivity index (χ4n) is 3.26. The van der Waals surface area contributed by atoms with Crippen molar-refractivity contribution in [1.82, 2.24) is 19.5 Å². The molecule has 27 heavy (non-hydrogen) atoms. The number of anilines is 1. The predicted molar refractivity (Wildman–Crippen MR) is 105 cm³/mol. The first-order valence-corrected chi connectivity index (χ1v) is 9.88. The molecule has 0 unspecified atom stereocenters. The normalized spacial score (nSPS) is 17.0. The van der Waals surface area contributed by atoms with Crippen molar-refractivity contribution in [3.8, 4) is 0 Å². The zero-order valence-corrected chi connectivity index (χ0v) is 16.1. The van der Waals surface area contributed by atoms with Gasteiger partial charge in [0.1, 0.15) is 5.01 Å². The van der Waals surface area contributed by atoms with Crippen molar-refractivity contribution in [3.05, 3.63) is 57.5 Å². The molecule has 0 bridgehead atoms. The molecule has 1 aliphatic heterocycles. The van der Waals surface area contributed by atoms with Gasteiger partial charge >= 0.3 is 6.03 Å². The molecule has 8 heteroatoms. The summed E-state index contributed by atoms with van der Waals surface area (Å²) in [5, 5.41) is 8.16. The Kier molecular flexibility index (Phi) is 4.65. The SMILES string of the molecule is CC(C)c1cc(=O)n2nc([C@H]3CCCN3C(=O)Nc3ccccc3)sc2n1. The minimum absolute atomic E-state index is 0.137. The molecule has 1 aliphatic rings. The first-order valence-electron chi connectivity index (χ1n) is 9.06. The number of fused-ring (bicyclic) bond motifs is 1. The molecule has 1 fully saturated rings. The highest BCUT2D eigenvalue weighted by atomic mass is 32.1. The van der Waals surface area contributed by atoms with Crippen LogP contribution in [-0.4, -0.2) is 32.1 Å². The zero-order valence-electron chi connectivity index (χ0n) is 15.3. The van der Waals surface area contributed by atoms with Gasteiger partial charge in [-0.15, -0.1) is 0 Å². The van der Waals surface area contributed by atoms with Gasteiger partial charge in [-0.3, -0.25) is 4.79 Å². The Bertz CT molecular complexity index is 1030. The first-order chi connectivity index (χ1) is 13.0. The van der Waals surface area contributed by atoms with Crippen LogP contribution in [0, 0.1) is 0 Å². The minimum Gasteiger partial charge on any atom is -0.315 e. The molecule has 0 saturated carbocycles. The lowest BCUT2D eigenvalue weighted by Gasteiger charge is -2.23. The molecular formula is C19H21N5O2S. The summed E-state index contributed by atoms with van der Waals surface area (Å²) in [7, 11) is 0. The third kappa shape index (κ3) is 3.44. The summed E-state index contributed by atoms with van der Waals surface area (Å²) in [5.74, 6) is 0.174. The van der Waals surface area contributed by atoms with Crippen LogP contribution in [0.15, 0.2) is 41.2 Å². The molecular weight excluding hydrogens is 362 g/mol. The second-order valence-corrected chi connectivity index (χ2v) is 7.94. The summed E-state index contributed by atoms with van der Waals surface area (Å²) < 4.78 is 1.34. The molecule has 1 atom stereocenters. The summed E-state index contributed by atoms with van der Waals surface area (Å²) in [6.07, 6.45) is 1.73. The van der Waals surface area contributed by atoms with E-state index in [0.29, 0.717) is 11.5 Å². The third-order valence-corrected chi connectivity index (χ3v) is 5.71. The average molecular weight is 383 g/mol. The maximum absolute atomic E-state index is 12.7. The molecule has 0 spiro atoms. The second kappa shape index (κ2) is 7.11. The molecule has 4 rings (SSSR count). The summed E-state index contributed by atoms with van der Waals surface area (Å²) in [6.45, 7) is 4.68. The van der Waals surface area contributed by atoms with Gasteiger partial charge in [0.15, 0.2) is 0 Å². The van der Waals surface area contributed by atoms with E-state index in [1.54, 1.807) is 4.90 Å². The van der Waals surface area contributed by atoms with Gasteiger partial charge in [0.25, 0.3) is 5.56 Å². The molecule has 3 heterocycles. The standard InChI is InChI=1S/C19H21N5O2S/c1-12(2)14-11-16(25)24-19(21-14)27-17(22-24)15-9-6-10-23(15)18(26)20-13-7-4-3-5-8-13/h3-5,7-8,11-12,15H,6,9-10H2,1-2H3,(H,20,26)/t15-/m1/s1. The van der Waals surface area contributed by atoms with Crippen molar-refractivity contribution < 1.29 is 4.79 Å². The Balaban J connectivity index is 1.62. The van der Waals surface area contributed by atoms with Crippen LogP contribution in [0.4, 0.5) is 10.5 Å². The monoisotopic (exact) mass is 383 g/mol. The molecule has 2 amide bonds. The van der Waals surface area contributed by atoms with Crippen molar-refractivity contribution >= 4 is 28.0 Å². The summed E-state index contributed by atoms with van der Waals surface area (Å²) in [5.41, 5.74) is 1.35. The van der Waals surface area contributed by atoms with Gasteiger partial charge in [0, 0.05) is 18.3 Å². The molecule has 1 aromatic carbocycles. The van der Waals surface area contributed by atoms with Crippen molar-refractivity contribution in [2.45, 2.75) is 38.6 Å². The van der Waals surface area contributed by atoms with E-state index in [1.807, 2.05) is 44.2 Å². The van der Waals surface area contributed by atoms with E-state index in [1.165, 1.54) is 21.9 Å². The van der Waals surface area contributed by atoms with Crippen molar-refractivity contribution in [2.24, 2.45) is 0 Å². The Morgan fingerprint density at radius 2 is 2.07 bits per heavy atom. The number of para-hydroxylation sites is 1. The van der Waals surface area contributed by atoms with Crippen LogP contribution in [0.25, 0.3) is 4.96 Å². The fraction of sp³-hybridized carbons (Fsp3) is 0.368. The molecule has 0 radical (unpaired) electrons. The fourth-order valence-corrected chi connectivity index (χ4v) is 4.32. The Hall–Kier alpha value is -2.74. The van der Waals surface area contributed by atoms with Gasteiger partial charge in [0.05, 0.1) is 11.7 Å². The van der Waals surface area contributed by atoms with Gasteiger partial charge < -0.3 is 10.2 Å². The van der Waals surface area contributed by atoms with Crippen LogP contribution in [0.2, 0.25) is 0 Å². The van der Waals surface area contributed by atoms with Crippen LogP contribution in [0.5, 0.6) is 0 Å². The van der Waals surface area contributed by atoms with Gasteiger partial charge in [-0.05, 0) is 30.9 Å². The topological polar surface area (TPSA) is 79.6 Å². The lowest BCUT2D eigenvalue weighted by molar-refractivity contribution is 0.206. The van der Waals surface area contributed by atoms with E-state index < -0.39 is 0 Å². The number of carbonyl (C=O) groups is 1. The first kappa shape index (κ1) is 17.7. The lowest BCUT2D eigenvalue weighted by atomic mass is 10.1. The van der Waals surface area contributed by atoms with E-state index in [-0.39, 0.29) is 23.6 Å². The average Bonchev–Trinajstić information content (AvgIpc) is 3.29. The number of hydrogen-bond acceptors (Lipinski definition) is 5. The Labute approximate surface area is 160 Å². The maximum atomic E-state index is 12.7. The van der Waals surface area contributed by atoms with E-state index >= 15 is 0 Å². The number of hydrogen-bond donors (Lipinski definition) is 1. The summed E-state index contributed by atoms with van der Waals surface area (Å²) >= 11 is 1.39. The summed E-state index contributed by atoms with van der Waals surface area (Å²) in [6, 6.07) is 10.6. The summed E-state index contributed by atoms with van der Waals surface area (Å²) in [4.78, 5) is 32.0. The van der Waals surface area contributed by atoms with E-state index in [0.717, 1.165) is 29.2 Å². The van der Waals surface area contributed by atoms with Crippen LogP contribution < -0.4 is 10.9 Å². The van der Waals surface area contributed by atoms with Crippen LogP contribution in [0.3, 0.4) is 0 Å². The number of carbonyl (C=O) groups excluding carboxylic acids is 1. The van der Waals surface area contributed by atoms with Gasteiger partial charge in [-0.25, -0.2) is 9.78 Å². The number of rotatable bonds is 3. The highest BCUT2D eigenvalue weighted by molar-refractivity contribution is 7.16. The Morgan fingerprint density at radius 3 is 2.81 bits per heavy atom. The number of aromatic nitrogens is 3. The molecule has 0 aliphatic carbocycles. The number of nitrogens with one attached hydrogen (secondary N) is 1. The van der Waals surface area contributed by atoms with Gasteiger partial charge in [-0.1, -0.05) is 43.4 Å². The highest BCUT2D eigenvalue weighted by Crippen LogP contribution is 2.34. The predicted octanol–water partition coefficient (Wildman–Crippen LogP) is 3.64. The largest absolute Gasteiger partial charge is 0.322 e. The second-order valence-electron chi connectivity index (χ2n) is 6.96. The number of amides is 2. The van der Waals surface area contributed by atoms with E-state index in [4.69, 9.17) is 0 Å². The number of urea groups is 1. The maximum Gasteiger partial charge on any atom is 0.322 e.